The van der Waals surface area contributed by atoms with Crippen molar-refractivity contribution in [2.45, 2.75) is 159 Å². The smallest absolute Gasteiger partial charge is 0.347 e. The highest BCUT2D eigenvalue weighted by Gasteiger charge is 2.70. The van der Waals surface area contributed by atoms with Crippen molar-refractivity contribution in [2.75, 3.05) is 25.9 Å². The average molecular weight is 815 g/mol. The summed E-state index contributed by atoms with van der Waals surface area (Å²) in [5.74, 6) is -2.83. The third kappa shape index (κ3) is 9.83. The lowest BCUT2D eigenvalue weighted by molar-refractivity contribution is -0.146. The highest BCUT2D eigenvalue weighted by atomic mass is 32.2. The molecule has 5 amide bonds. The summed E-state index contributed by atoms with van der Waals surface area (Å²) in [7, 11) is -3.57. The van der Waals surface area contributed by atoms with Crippen LogP contribution in [0.5, 0.6) is 0 Å². The Morgan fingerprint density at radius 3 is 2.05 bits per heavy atom. The molecule has 4 N–H and O–H groups in total. The topological polar surface area (TPSA) is 174 Å². The van der Waals surface area contributed by atoms with Gasteiger partial charge in [0.1, 0.15) is 18.6 Å². The van der Waals surface area contributed by atoms with Crippen molar-refractivity contribution in [1.29, 1.82) is 0 Å². The molecule has 0 spiro atoms. The number of sulfonamides is 1. The monoisotopic (exact) mass is 814 g/mol. The van der Waals surface area contributed by atoms with Crippen LogP contribution in [0.1, 0.15) is 124 Å². The van der Waals surface area contributed by atoms with Crippen LogP contribution in [0, 0.1) is 28.6 Å². The van der Waals surface area contributed by atoms with E-state index in [0.29, 0.717) is 44.4 Å². The van der Waals surface area contributed by atoms with Crippen LogP contribution >= 0.6 is 0 Å². The summed E-state index contributed by atoms with van der Waals surface area (Å²) >= 11 is 0. The summed E-state index contributed by atoms with van der Waals surface area (Å²) in [5.41, 5.74) is -2.32. The zero-order valence-electron chi connectivity index (χ0n) is 33.3. The fourth-order valence-electron chi connectivity index (χ4n) is 9.89. The van der Waals surface area contributed by atoms with Crippen molar-refractivity contribution >= 4 is 39.6 Å². The molecule has 316 valence electrons. The summed E-state index contributed by atoms with van der Waals surface area (Å²) < 4.78 is 66.3. The molecule has 5 saturated carbocycles. The lowest BCUT2D eigenvalue weighted by Crippen LogP contribution is -2.65. The van der Waals surface area contributed by atoms with Gasteiger partial charge in [-0.3, -0.25) is 19.2 Å². The van der Waals surface area contributed by atoms with Gasteiger partial charge in [-0.2, -0.15) is 17.5 Å². The number of alkyl halides is 3. The zero-order chi connectivity index (χ0) is 40.8. The molecule has 5 atom stereocenters. The first-order valence-electron chi connectivity index (χ1n) is 20.7. The first-order chi connectivity index (χ1) is 26.1. The summed E-state index contributed by atoms with van der Waals surface area (Å²) in [6.45, 7) is 4.63. The van der Waals surface area contributed by atoms with Gasteiger partial charge in [0, 0.05) is 19.6 Å². The Balaban J connectivity index is 1.22. The van der Waals surface area contributed by atoms with E-state index in [9.17, 15) is 45.6 Å². The molecule has 56 heavy (non-hydrogen) atoms. The van der Waals surface area contributed by atoms with Gasteiger partial charge in [-0.15, -0.1) is 0 Å². The van der Waals surface area contributed by atoms with E-state index in [1.165, 1.54) is 4.90 Å². The van der Waals surface area contributed by atoms with Crippen molar-refractivity contribution in [3.63, 3.8) is 0 Å². The lowest BCUT2D eigenvalue weighted by Gasteiger charge is -2.44. The maximum atomic E-state index is 14.9. The molecule has 0 aromatic heterocycles. The van der Waals surface area contributed by atoms with E-state index in [1.807, 2.05) is 20.8 Å². The highest BCUT2D eigenvalue weighted by molar-refractivity contribution is 7.89. The number of carbonyl (C=O) groups excluding carboxylic acids is 5. The van der Waals surface area contributed by atoms with E-state index in [0.717, 1.165) is 58.4 Å². The number of nitrogens with zero attached hydrogens (tertiary/aromatic N) is 2. The standard InChI is InChI=1S/C39H61F3N6O7S/c1-36(2)26-21-48(29(28(26)36)32(50)44-27(16-13-24-11-12-24)30(49)33(51)43-25-14-15-25)34(52)31(37(3)17-7-5-8-18-37)45-35(53)46-38(19-9-6-10-20-38)23-56(54,55)47(4)22-39(40,41)42/h24-29,31H,5-23H2,1-4H3,(H,43,51)(H,44,50)(H2,45,46,53)/t26-,27-,28-,29-,31+/m0/s1. The molecule has 13 nitrogen and oxygen atoms in total. The van der Waals surface area contributed by atoms with E-state index >= 15 is 0 Å². The van der Waals surface area contributed by atoms with Gasteiger partial charge in [0.15, 0.2) is 0 Å². The first-order valence-corrected chi connectivity index (χ1v) is 22.3. The van der Waals surface area contributed by atoms with Crippen molar-refractivity contribution in [3.05, 3.63) is 0 Å². The Hall–Kier alpha value is -2.95. The number of likely N-dealkylation sites (tertiary alicyclic amines) is 1. The molecule has 1 aliphatic heterocycles. The number of piperidine rings is 1. The maximum absolute atomic E-state index is 14.9. The highest BCUT2D eigenvalue weighted by Crippen LogP contribution is 2.65. The Morgan fingerprint density at radius 2 is 1.48 bits per heavy atom. The van der Waals surface area contributed by atoms with E-state index in [1.54, 1.807) is 0 Å². The fourth-order valence-corrected chi connectivity index (χ4v) is 11.5. The van der Waals surface area contributed by atoms with Crippen LogP contribution in [0.15, 0.2) is 0 Å². The number of hydrogen-bond acceptors (Lipinski definition) is 7. The molecular formula is C39H61F3N6O7S. The van der Waals surface area contributed by atoms with Crippen molar-refractivity contribution in [3.8, 4) is 0 Å². The predicted molar refractivity (Wildman–Crippen MR) is 201 cm³/mol. The average Bonchev–Trinajstić information content (AvgIpc) is 4.07. The van der Waals surface area contributed by atoms with Gasteiger partial charge < -0.3 is 26.2 Å². The number of ketones is 1. The van der Waals surface area contributed by atoms with Crippen molar-refractivity contribution in [1.82, 2.24) is 30.5 Å². The second kappa shape index (κ2) is 16.0. The number of nitrogens with one attached hydrogen (secondary N) is 4. The molecule has 6 fully saturated rings. The predicted octanol–water partition coefficient (Wildman–Crippen LogP) is 4.16. The van der Waals surface area contributed by atoms with Gasteiger partial charge in [0.2, 0.25) is 27.6 Å². The van der Waals surface area contributed by atoms with Gasteiger partial charge in [0.05, 0.1) is 17.3 Å². The number of hydrogen-bond donors (Lipinski definition) is 4. The minimum atomic E-state index is -4.74. The van der Waals surface area contributed by atoms with E-state index in [4.69, 9.17) is 0 Å². The SMILES string of the molecule is CN(CC(F)(F)F)S(=O)(=O)CC1(NC(=O)N[C@H](C(=O)N2C[C@H]3[C@@H]([C@H]2C(=O)N[C@@H](CCC2CC2)C(=O)C(=O)NC2CC2)C3(C)C)C2(C)CCCCC2)CCCCC1. The molecule has 6 aliphatic rings. The maximum Gasteiger partial charge on any atom is 0.402 e. The summed E-state index contributed by atoms with van der Waals surface area (Å²) in [4.78, 5) is 71.2. The number of carbonyl (C=O) groups is 5. The molecule has 0 aromatic rings. The number of fused-ring (bicyclic) bond motifs is 1. The van der Waals surface area contributed by atoms with Crippen LogP contribution in [0.4, 0.5) is 18.0 Å². The van der Waals surface area contributed by atoms with Gasteiger partial charge >= 0.3 is 12.2 Å². The summed E-state index contributed by atoms with van der Waals surface area (Å²) in [5, 5.41) is 11.4. The molecule has 1 saturated heterocycles. The van der Waals surface area contributed by atoms with Crippen molar-refractivity contribution in [2.24, 2.45) is 28.6 Å². The minimum absolute atomic E-state index is 0.000906. The van der Waals surface area contributed by atoms with Gasteiger partial charge in [0.25, 0.3) is 5.91 Å². The fraction of sp³-hybridized carbons (Fsp3) is 0.872. The van der Waals surface area contributed by atoms with E-state index in [-0.39, 0.29) is 47.0 Å². The normalized spacial score (nSPS) is 27.7. The molecule has 0 bridgehead atoms. The zero-order valence-corrected chi connectivity index (χ0v) is 34.1. The largest absolute Gasteiger partial charge is 0.402 e. The van der Waals surface area contributed by atoms with Crippen LogP contribution in [-0.2, 0) is 29.2 Å². The molecule has 17 heteroatoms. The number of Topliss-reactive ketones (excluding diaryl/α,β-unsaturated/α-hetero) is 1. The molecular weight excluding hydrogens is 754 g/mol. The lowest BCUT2D eigenvalue weighted by atomic mass is 9.70. The first kappa shape index (κ1) is 42.7. The molecule has 1 heterocycles. The summed E-state index contributed by atoms with van der Waals surface area (Å²) in [6, 6.07) is -3.89. The van der Waals surface area contributed by atoms with E-state index in [2.05, 4.69) is 21.3 Å². The number of halogens is 3. The Morgan fingerprint density at radius 1 is 0.875 bits per heavy atom. The molecule has 0 radical (unpaired) electrons. The Labute approximate surface area is 328 Å². The van der Waals surface area contributed by atoms with Crippen LogP contribution in [0.3, 0.4) is 0 Å². The minimum Gasteiger partial charge on any atom is -0.347 e. The van der Waals surface area contributed by atoms with Crippen LogP contribution < -0.4 is 21.3 Å². The Kier molecular flexibility index (Phi) is 12.2. The van der Waals surface area contributed by atoms with Crippen LogP contribution in [0.2, 0.25) is 0 Å². The second-order valence-electron chi connectivity index (χ2n) is 18.8. The molecule has 6 rings (SSSR count). The number of urea groups is 1. The van der Waals surface area contributed by atoms with Crippen molar-refractivity contribution < 1.29 is 45.6 Å². The van der Waals surface area contributed by atoms with E-state index < -0.39 is 87.1 Å². The summed E-state index contributed by atoms with van der Waals surface area (Å²) in [6.07, 6.45) is 6.14. The Bertz CT molecular complexity index is 1640. The third-order valence-electron chi connectivity index (χ3n) is 13.8. The number of amides is 5. The quantitative estimate of drug-likeness (QED) is 0.170. The molecule has 5 aliphatic carbocycles. The van der Waals surface area contributed by atoms with Gasteiger partial charge in [-0.25, -0.2) is 13.2 Å². The number of rotatable bonds is 16. The second-order valence-corrected chi connectivity index (χ2v) is 20.9. The molecule has 0 unspecified atom stereocenters. The van der Waals surface area contributed by atoms with Gasteiger partial charge in [-0.05, 0) is 80.0 Å². The third-order valence-corrected chi connectivity index (χ3v) is 15.8. The van der Waals surface area contributed by atoms with Crippen LogP contribution in [0.25, 0.3) is 0 Å². The van der Waals surface area contributed by atoms with Crippen LogP contribution in [-0.4, -0.2) is 109 Å². The van der Waals surface area contributed by atoms with Gasteiger partial charge in [-0.1, -0.05) is 72.1 Å². The molecule has 0 aromatic carbocycles.